The molecule has 0 saturated carbocycles. The molecule has 0 aliphatic carbocycles. The average molecular weight is 243 g/mol. The van der Waals surface area contributed by atoms with Gasteiger partial charge in [-0.05, 0) is 25.2 Å². The minimum absolute atomic E-state index is 0.164. The third-order valence-electron chi connectivity index (χ3n) is 3.13. The summed E-state index contributed by atoms with van der Waals surface area (Å²) in [5.74, 6) is 0. The Hall–Kier alpha value is -1.17. The van der Waals surface area contributed by atoms with Gasteiger partial charge in [0.05, 0.1) is 5.28 Å². The molecule has 2 heteroatoms. The van der Waals surface area contributed by atoms with Crippen molar-refractivity contribution in [3.63, 3.8) is 0 Å². The van der Waals surface area contributed by atoms with Gasteiger partial charge in [-0.2, -0.15) is 0 Å². The molecule has 0 fully saturated rings. The molecular formula is C15H18NP. The first kappa shape index (κ1) is 12.3. The van der Waals surface area contributed by atoms with Gasteiger partial charge in [-0.15, -0.1) is 9.24 Å². The SMILES string of the molecule is CN(C)C(P)(c1ccccc1)c1ccccc1. The van der Waals surface area contributed by atoms with Crippen molar-refractivity contribution in [2.24, 2.45) is 0 Å². The molecule has 0 N–H and O–H groups in total. The van der Waals surface area contributed by atoms with Crippen molar-refractivity contribution in [1.82, 2.24) is 4.90 Å². The second kappa shape index (κ2) is 5.00. The summed E-state index contributed by atoms with van der Waals surface area (Å²) in [6.07, 6.45) is 0. The summed E-state index contributed by atoms with van der Waals surface area (Å²) in [5, 5.41) is -0.164. The normalized spacial score (nSPS) is 11.8. The molecule has 2 aromatic rings. The van der Waals surface area contributed by atoms with E-state index in [2.05, 4.69) is 88.9 Å². The molecule has 0 aliphatic heterocycles. The van der Waals surface area contributed by atoms with Crippen LogP contribution in [0.1, 0.15) is 11.1 Å². The lowest BCUT2D eigenvalue weighted by atomic mass is 9.97. The minimum atomic E-state index is -0.164. The van der Waals surface area contributed by atoms with Gasteiger partial charge >= 0.3 is 0 Å². The second-order valence-electron chi connectivity index (χ2n) is 4.39. The highest BCUT2D eigenvalue weighted by Gasteiger charge is 2.30. The monoisotopic (exact) mass is 243 g/mol. The average Bonchev–Trinajstić information content (AvgIpc) is 2.39. The van der Waals surface area contributed by atoms with Crippen LogP contribution in [0.3, 0.4) is 0 Å². The molecule has 0 spiro atoms. The smallest absolute Gasteiger partial charge is 0.0849 e. The highest BCUT2D eigenvalue weighted by molar-refractivity contribution is 7.18. The molecule has 0 amide bonds. The highest BCUT2D eigenvalue weighted by atomic mass is 31.0. The summed E-state index contributed by atoms with van der Waals surface area (Å²) in [5.41, 5.74) is 2.56. The maximum absolute atomic E-state index is 2.99. The maximum Gasteiger partial charge on any atom is 0.0849 e. The molecule has 1 atom stereocenters. The molecule has 17 heavy (non-hydrogen) atoms. The standard InChI is InChI=1S/C15H18NP/c1-16(2)15(17,13-9-5-3-6-10-13)14-11-7-4-8-12-14/h3-12H,17H2,1-2H3. The Bertz CT molecular complexity index is 425. The first-order valence-electron chi connectivity index (χ1n) is 5.73. The lowest BCUT2D eigenvalue weighted by molar-refractivity contribution is 0.304. The third kappa shape index (κ3) is 2.26. The van der Waals surface area contributed by atoms with Crippen LogP contribution in [0.15, 0.2) is 60.7 Å². The van der Waals surface area contributed by atoms with E-state index < -0.39 is 0 Å². The fraction of sp³-hybridized carbons (Fsp3) is 0.200. The van der Waals surface area contributed by atoms with E-state index in [0.717, 1.165) is 0 Å². The fourth-order valence-corrected chi connectivity index (χ4v) is 2.45. The maximum atomic E-state index is 2.99. The molecular weight excluding hydrogens is 225 g/mol. The minimum Gasteiger partial charge on any atom is -0.293 e. The molecule has 1 unspecified atom stereocenters. The Balaban J connectivity index is 2.55. The largest absolute Gasteiger partial charge is 0.293 e. The summed E-state index contributed by atoms with van der Waals surface area (Å²) in [7, 11) is 7.19. The zero-order chi connectivity index (χ0) is 12.3. The molecule has 0 bridgehead atoms. The molecule has 88 valence electrons. The van der Waals surface area contributed by atoms with E-state index in [0.29, 0.717) is 0 Å². The highest BCUT2D eigenvalue weighted by Crippen LogP contribution is 2.40. The van der Waals surface area contributed by atoms with Crippen molar-refractivity contribution in [3.8, 4) is 0 Å². The van der Waals surface area contributed by atoms with Gasteiger partial charge in [0.1, 0.15) is 0 Å². The van der Waals surface area contributed by atoms with E-state index in [1.807, 2.05) is 0 Å². The van der Waals surface area contributed by atoms with Crippen LogP contribution in [0.5, 0.6) is 0 Å². The lowest BCUT2D eigenvalue weighted by Crippen LogP contribution is -2.36. The Morgan fingerprint density at radius 3 is 1.41 bits per heavy atom. The Kier molecular flexibility index (Phi) is 3.61. The predicted molar refractivity (Wildman–Crippen MR) is 77.1 cm³/mol. The zero-order valence-corrected chi connectivity index (χ0v) is 11.5. The zero-order valence-electron chi connectivity index (χ0n) is 10.3. The van der Waals surface area contributed by atoms with Crippen LogP contribution in [0, 0.1) is 0 Å². The van der Waals surface area contributed by atoms with Gasteiger partial charge in [-0.1, -0.05) is 60.7 Å². The van der Waals surface area contributed by atoms with Crippen LogP contribution in [0.4, 0.5) is 0 Å². The van der Waals surface area contributed by atoms with Crippen LogP contribution in [-0.2, 0) is 5.28 Å². The Morgan fingerprint density at radius 2 is 1.12 bits per heavy atom. The first-order valence-corrected chi connectivity index (χ1v) is 6.31. The molecule has 0 radical (unpaired) electrons. The van der Waals surface area contributed by atoms with Crippen molar-refractivity contribution in [3.05, 3.63) is 71.8 Å². The number of nitrogens with zero attached hydrogens (tertiary/aromatic N) is 1. The van der Waals surface area contributed by atoms with Crippen molar-refractivity contribution >= 4 is 9.24 Å². The topological polar surface area (TPSA) is 3.24 Å². The van der Waals surface area contributed by atoms with Crippen LogP contribution in [-0.4, -0.2) is 19.0 Å². The summed E-state index contributed by atoms with van der Waals surface area (Å²) in [6, 6.07) is 21.1. The van der Waals surface area contributed by atoms with Crippen LogP contribution < -0.4 is 0 Å². The van der Waals surface area contributed by atoms with E-state index >= 15 is 0 Å². The Morgan fingerprint density at radius 1 is 0.765 bits per heavy atom. The van der Waals surface area contributed by atoms with Crippen molar-refractivity contribution < 1.29 is 0 Å². The van der Waals surface area contributed by atoms with E-state index in [1.54, 1.807) is 0 Å². The van der Waals surface area contributed by atoms with Crippen molar-refractivity contribution in [2.45, 2.75) is 5.28 Å². The summed E-state index contributed by atoms with van der Waals surface area (Å²) >= 11 is 0. The summed E-state index contributed by atoms with van der Waals surface area (Å²) in [6.45, 7) is 0. The predicted octanol–water partition coefficient (Wildman–Crippen LogP) is 3.32. The lowest BCUT2D eigenvalue weighted by Gasteiger charge is -2.37. The van der Waals surface area contributed by atoms with Gasteiger partial charge in [0.15, 0.2) is 0 Å². The number of rotatable bonds is 3. The third-order valence-corrected chi connectivity index (χ3v) is 4.32. The van der Waals surface area contributed by atoms with E-state index in [9.17, 15) is 0 Å². The Labute approximate surface area is 106 Å². The van der Waals surface area contributed by atoms with Gasteiger partial charge in [0.2, 0.25) is 0 Å². The molecule has 2 aromatic carbocycles. The number of benzene rings is 2. The molecule has 0 aliphatic rings. The van der Waals surface area contributed by atoms with Gasteiger partial charge in [0, 0.05) is 0 Å². The van der Waals surface area contributed by atoms with Crippen molar-refractivity contribution in [2.75, 3.05) is 14.1 Å². The van der Waals surface area contributed by atoms with E-state index in [4.69, 9.17) is 0 Å². The van der Waals surface area contributed by atoms with Gasteiger partial charge in [-0.3, -0.25) is 4.90 Å². The van der Waals surface area contributed by atoms with Crippen LogP contribution in [0.25, 0.3) is 0 Å². The molecule has 0 heterocycles. The van der Waals surface area contributed by atoms with Gasteiger partial charge in [0.25, 0.3) is 0 Å². The quantitative estimate of drug-likeness (QED) is 0.747. The van der Waals surface area contributed by atoms with Crippen molar-refractivity contribution in [1.29, 1.82) is 0 Å². The summed E-state index contributed by atoms with van der Waals surface area (Å²) < 4.78 is 0. The molecule has 0 saturated heterocycles. The number of hydrogen-bond acceptors (Lipinski definition) is 1. The second-order valence-corrected chi connectivity index (χ2v) is 5.23. The van der Waals surface area contributed by atoms with Gasteiger partial charge in [-0.25, -0.2) is 0 Å². The van der Waals surface area contributed by atoms with Gasteiger partial charge < -0.3 is 0 Å². The number of hydrogen-bond donors (Lipinski definition) is 0. The molecule has 0 aromatic heterocycles. The molecule has 2 rings (SSSR count). The first-order chi connectivity index (χ1) is 8.15. The van der Waals surface area contributed by atoms with Crippen LogP contribution >= 0.6 is 9.24 Å². The summed E-state index contributed by atoms with van der Waals surface area (Å²) in [4.78, 5) is 2.22. The van der Waals surface area contributed by atoms with E-state index in [1.165, 1.54) is 11.1 Å². The molecule has 1 nitrogen and oxygen atoms in total. The fourth-order valence-electron chi connectivity index (χ4n) is 2.07. The van der Waals surface area contributed by atoms with E-state index in [-0.39, 0.29) is 5.28 Å². The van der Waals surface area contributed by atoms with Crippen LogP contribution in [0.2, 0.25) is 0 Å².